The molecule has 0 aliphatic carbocycles. The zero-order valence-corrected chi connectivity index (χ0v) is 48.4. The van der Waals surface area contributed by atoms with E-state index in [9.17, 15) is 19.0 Å². The molecule has 0 aromatic carbocycles. The van der Waals surface area contributed by atoms with Crippen LogP contribution < -0.4 is 10.2 Å². The number of hydrogen-bond acceptors (Lipinski definition) is 7. The number of rotatable bonds is 51. The van der Waals surface area contributed by atoms with Crippen molar-refractivity contribution >= 4 is 19.7 Å². The molecule has 0 aliphatic heterocycles. The van der Waals surface area contributed by atoms with Crippen LogP contribution in [-0.4, -0.2) is 69.4 Å². The number of carbonyl (C=O) groups is 2. The van der Waals surface area contributed by atoms with Crippen LogP contribution in [0.3, 0.4) is 0 Å². The van der Waals surface area contributed by atoms with E-state index >= 15 is 0 Å². The summed E-state index contributed by atoms with van der Waals surface area (Å²) >= 11 is 0. The highest BCUT2D eigenvalue weighted by Gasteiger charge is 2.27. The van der Waals surface area contributed by atoms with Crippen molar-refractivity contribution in [1.29, 1.82) is 0 Å². The predicted octanol–water partition coefficient (Wildman–Crippen LogP) is 17.1. The van der Waals surface area contributed by atoms with E-state index in [1.165, 1.54) is 70.6 Å². The second-order valence-electron chi connectivity index (χ2n) is 20.4. The molecule has 0 aromatic heterocycles. The van der Waals surface area contributed by atoms with Gasteiger partial charge in [-0.25, -0.2) is 0 Å². The number of ether oxygens (including phenoxy) is 1. The molecule has 0 fully saturated rings. The Morgan fingerprint density at radius 1 is 0.493 bits per heavy atom. The summed E-state index contributed by atoms with van der Waals surface area (Å²) in [6, 6.07) is -0.920. The normalized spacial score (nSPS) is 14.6. The van der Waals surface area contributed by atoms with Gasteiger partial charge in [0.15, 0.2) is 0 Å². The van der Waals surface area contributed by atoms with Gasteiger partial charge in [-0.15, -0.1) is 0 Å². The predicted molar refractivity (Wildman–Crippen MR) is 311 cm³/mol. The molecule has 3 unspecified atom stereocenters. The van der Waals surface area contributed by atoms with Gasteiger partial charge >= 0.3 is 5.97 Å². The second kappa shape index (κ2) is 52.1. The third-order valence-corrected chi connectivity index (χ3v) is 13.2. The van der Waals surface area contributed by atoms with Crippen LogP contribution in [0.25, 0.3) is 0 Å². The van der Waals surface area contributed by atoms with E-state index in [4.69, 9.17) is 13.8 Å². The fourth-order valence-electron chi connectivity index (χ4n) is 7.67. The lowest BCUT2D eigenvalue weighted by Gasteiger charge is -2.30. The number of hydrogen-bond donors (Lipinski definition) is 1. The van der Waals surface area contributed by atoms with E-state index < -0.39 is 26.6 Å². The highest BCUT2D eigenvalue weighted by atomic mass is 31.2. The Hall–Kier alpha value is -3.33. The van der Waals surface area contributed by atoms with Gasteiger partial charge in [0, 0.05) is 12.8 Å². The molecule has 0 aliphatic rings. The number of quaternary nitrogens is 1. The Labute approximate surface area is 449 Å². The smallest absolute Gasteiger partial charge is 0.306 e. The van der Waals surface area contributed by atoms with Gasteiger partial charge in [0.2, 0.25) is 5.91 Å². The maximum atomic E-state index is 13.5. The molecule has 0 heterocycles. The average Bonchev–Trinajstić information content (AvgIpc) is 3.35. The van der Waals surface area contributed by atoms with Gasteiger partial charge in [0.05, 0.1) is 33.8 Å². The lowest BCUT2D eigenvalue weighted by Crippen LogP contribution is -2.47. The summed E-state index contributed by atoms with van der Waals surface area (Å²) < 4.78 is 30.2. The molecule has 9 nitrogen and oxygen atoms in total. The van der Waals surface area contributed by atoms with E-state index in [1.807, 2.05) is 33.3 Å². The molecule has 1 amide bonds. The zero-order chi connectivity index (χ0) is 53.6. The molecule has 0 radical (unpaired) electrons. The largest absolute Gasteiger partial charge is 0.756 e. The minimum Gasteiger partial charge on any atom is -0.756 e. The van der Waals surface area contributed by atoms with Crippen LogP contribution in [0, 0.1) is 0 Å². The van der Waals surface area contributed by atoms with Crippen molar-refractivity contribution in [3.63, 3.8) is 0 Å². The number of esters is 1. The number of nitrogens with one attached hydrogen (secondary N) is 1. The monoisotopic (exact) mass is 1040 g/mol. The number of likely N-dealkylation sites (N-methyl/N-ethyl adjacent to an activating group) is 1. The Morgan fingerprint density at radius 3 is 1.36 bits per heavy atom. The Morgan fingerprint density at radius 2 is 0.877 bits per heavy atom. The molecule has 1 N–H and O–H groups in total. The van der Waals surface area contributed by atoms with Crippen molar-refractivity contribution in [2.24, 2.45) is 0 Å². The Balaban J connectivity index is 5.41. The van der Waals surface area contributed by atoms with Gasteiger partial charge in [-0.1, -0.05) is 208 Å². The highest BCUT2D eigenvalue weighted by molar-refractivity contribution is 7.45. The van der Waals surface area contributed by atoms with Crippen LogP contribution in [0.5, 0.6) is 0 Å². The molecule has 0 saturated carbocycles. The molecule has 418 valence electrons. The second-order valence-corrected chi connectivity index (χ2v) is 21.8. The number of allylic oxidation sites excluding steroid dienone is 17. The van der Waals surface area contributed by atoms with E-state index in [2.05, 4.69) is 123 Å². The number of phosphoric ester groups is 1. The maximum Gasteiger partial charge on any atom is 0.306 e. The molecule has 0 rings (SSSR count). The first-order chi connectivity index (χ1) is 35.4. The summed E-state index contributed by atoms with van der Waals surface area (Å²) in [6.45, 7) is 6.63. The average molecular weight is 1040 g/mol. The number of carbonyl (C=O) groups excluding carboxylic acids is 2. The molecule has 0 saturated heterocycles. The van der Waals surface area contributed by atoms with Crippen molar-refractivity contribution < 1.29 is 37.3 Å². The van der Waals surface area contributed by atoms with E-state index in [1.54, 1.807) is 0 Å². The van der Waals surface area contributed by atoms with Crippen molar-refractivity contribution in [2.75, 3.05) is 40.9 Å². The van der Waals surface area contributed by atoms with E-state index in [-0.39, 0.29) is 31.3 Å². The summed E-state index contributed by atoms with van der Waals surface area (Å²) in [7, 11) is 1.13. The maximum absolute atomic E-state index is 13.5. The standard InChI is InChI=1S/C63H109N2O7P/c1-7-10-13-16-19-22-25-27-29-31-32-34-36-38-41-44-47-50-53-56-63(67)72-61(54-51-48-45-42-39-24-21-18-15-12-9-3)60(59-71-73(68,69)70-58-57-65(4,5)6)64-62(66)55-52-49-46-43-40-37-35-33-30-28-26-23-20-17-14-11-8-2/h10,13,19-20,22-23,27-30,32,34-35,37-38,41,51,54,60-61H,7-9,11-12,14-18,21,24-26,31,33,36,39-40,42-50,52-53,55-59H2,1-6H3,(H-,64,66,68,69)/b13-10-,22-19-,23-20-,29-27-,30-28-,34-32-,37-35-,41-38-,54-51+. The van der Waals surface area contributed by atoms with Crippen molar-refractivity contribution in [3.8, 4) is 0 Å². The van der Waals surface area contributed by atoms with Gasteiger partial charge in [0.1, 0.15) is 19.3 Å². The Bertz CT molecular complexity index is 1620. The zero-order valence-electron chi connectivity index (χ0n) is 47.5. The summed E-state index contributed by atoms with van der Waals surface area (Å²) in [5.41, 5.74) is 0. The van der Waals surface area contributed by atoms with E-state index in [0.717, 1.165) is 109 Å². The summed E-state index contributed by atoms with van der Waals surface area (Å²) in [5.74, 6) is -0.613. The van der Waals surface area contributed by atoms with E-state index in [0.29, 0.717) is 23.9 Å². The van der Waals surface area contributed by atoms with Crippen molar-refractivity contribution in [3.05, 3.63) is 109 Å². The van der Waals surface area contributed by atoms with Crippen molar-refractivity contribution in [1.82, 2.24) is 5.32 Å². The number of unbranched alkanes of at least 4 members (excludes halogenated alkanes) is 19. The first-order valence-corrected chi connectivity index (χ1v) is 30.7. The third-order valence-electron chi connectivity index (χ3n) is 12.2. The van der Waals surface area contributed by atoms with Crippen LogP contribution in [0.2, 0.25) is 0 Å². The van der Waals surface area contributed by atoms with Gasteiger partial charge in [0.25, 0.3) is 7.82 Å². The highest BCUT2D eigenvalue weighted by Crippen LogP contribution is 2.38. The molecule has 0 spiro atoms. The number of phosphoric acid groups is 1. The Kier molecular flexibility index (Phi) is 49.7. The lowest BCUT2D eigenvalue weighted by atomic mass is 10.1. The van der Waals surface area contributed by atoms with Gasteiger partial charge in [-0.05, 0) is 115 Å². The van der Waals surface area contributed by atoms with Crippen LogP contribution >= 0.6 is 7.82 Å². The van der Waals surface area contributed by atoms with Crippen LogP contribution in [0.15, 0.2) is 109 Å². The molecule has 3 atom stereocenters. The quantitative estimate of drug-likeness (QED) is 0.0212. The van der Waals surface area contributed by atoms with Crippen molar-refractivity contribution in [2.45, 2.75) is 238 Å². The molecular formula is C63H109N2O7P. The van der Waals surface area contributed by atoms with Crippen LogP contribution in [0.1, 0.15) is 226 Å². The first kappa shape index (κ1) is 69.7. The fraction of sp³-hybridized carbons (Fsp3) is 0.683. The number of nitrogens with zero attached hydrogens (tertiary/aromatic N) is 1. The van der Waals surface area contributed by atoms with Gasteiger partial charge < -0.3 is 28.5 Å². The number of amides is 1. The van der Waals surface area contributed by atoms with Gasteiger partial charge in [-0.3, -0.25) is 14.2 Å². The molecule has 0 aromatic rings. The fourth-order valence-corrected chi connectivity index (χ4v) is 8.39. The molecule has 10 heteroatoms. The minimum absolute atomic E-state index is 0.0383. The summed E-state index contributed by atoms with van der Waals surface area (Å²) in [5, 5.41) is 3.00. The first-order valence-electron chi connectivity index (χ1n) is 29.2. The molecule has 0 bridgehead atoms. The SMILES string of the molecule is CC/C=C\C/C=C\C/C=C\C/C=C\C/C=C\CCCCCC(=O)OC(/C=C/CCCCCCCCCCC)C(COP(=O)([O-])OCC[N+](C)(C)C)NC(=O)CCCCCC/C=C\C/C=C\C/C=C\CCCCC. The summed E-state index contributed by atoms with van der Waals surface area (Å²) in [4.78, 5) is 39.9. The third kappa shape index (κ3) is 53.3. The lowest BCUT2D eigenvalue weighted by molar-refractivity contribution is -0.870. The molecular weight excluding hydrogens is 928 g/mol. The topological polar surface area (TPSA) is 114 Å². The summed E-state index contributed by atoms with van der Waals surface area (Å²) in [6.07, 6.45) is 70.5. The molecule has 73 heavy (non-hydrogen) atoms. The van der Waals surface area contributed by atoms with Crippen LogP contribution in [-0.2, 0) is 27.9 Å². The minimum atomic E-state index is -4.72. The van der Waals surface area contributed by atoms with Gasteiger partial charge in [-0.2, -0.15) is 0 Å². The van der Waals surface area contributed by atoms with Crippen LogP contribution in [0.4, 0.5) is 0 Å².